The number of nitrogens with zero attached hydrogens (tertiary/aromatic N) is 3. The predicted molar refractivity (Wildman–Crippen MR) is 268 cm³/mol. The molecule has 0 saturated carbocycles. The van der Waals surface area contributed by atoms with Gasteiger partial charge in [0.1, 0.15) is 10.6 Å². The van der Waals surface area contributed by atoms with Crippen LogP contribution in [-0.2, 0) is 0 Å². The van der Waals surface area contributed by atoms with Crippen molar-refractivity contribution in [2.24, 2.45) is 0 Å². The number of hydrogen-bond acceptors (Lipinski definition) is 3. The third-order valence-corrected chi connectivity index (χ3v) is 23.0. The lowest BCUT2D eigenvalue weighted by Gasteiger charge is -2.30. The maximum absolute atomic E-state index is 5.38. The third kappa shape index (κ3) is 9.22. The molecule has 9 rings (SSSR count). The van der Waals surface area contributed by atoms with E-state index in [0.29, 0.717) is 0 Å². The first kappa shape index (κ1) is 40.5. The van der Waals surface area contributed by atoms with Gasteiger partial charge in [-0.2, -0.15) is 0 Å². The molecule has 0 fully saturated rings. The Morgan fingerprint density at radius 3 is 0.869 bits per heavy atom. The van der Waals surface area contributed by atoms with E-state index in [1.165, 1.54) is 15.9 Å². The summed E-state index contributed by atoms with van der Waals surface area (Å²) >= 11 is 0. The van der Waals surface area contributed by atoms with Crippen molar-refractivity contribution in [1.29, 1.82) is 0 Å². The molecule has 296 valence electrons. The molecule has 0 aliphatic carbocycles. The van der Waals surface area contributed by atoms with E-state index < -0.39 is 14.9 Å². The minimum Gasteiger partial charge on any atom is -0.248 e. The Balaban J connectivity index is 1.30. The quantitative estimate of drug-likeness (QED) is 0.109. The molecule has 2 unspecified atom stereocenters. The molecule has 0 spiro atoms. The van der Waals surface area contributed by atoms with E-state index in [4.69, 9.17) is 15.0 Å². The first-order valence-corrected chi connectivity index (χ1v) is 26.8. The van der Waals surface area contributed by atoms with Crippen LogP contribution in [0.1, 0.15) is 6.92 Å². The minimum absolute atomic E-state index is 0.663. The van der Waals surface area contributed by atoms with Crippen molar-refractivity contribution in [3.8, 4) is 67.5 Å². The van der Waals surface area contributed by atoms with Crippen molar-refractivity contribution < 1.29 is 0 Å². The summed E-state index contributed by atoms with van der Waals surface area (Å²) < 4.78 is 0. The predicted octanol–water partition coefficient (Wildman–Crippen LogP) is 13.9. The topological polar surface area (TPSA) is 38.7 Å². The van der Waals surface area contributed by atoms with E-state index in [2.05, 4.69) is 232 Å². The standard InChI is InChI=1S/C55H47N3P3/c1-3-59-60(47-34-50(41-22-10-4-11-23-41)56-51(35-47)42-24-12-5-13-25-42)40-61(2,48-36-52(43-26-14-6-15-27-43)57-53(37-48)44-28-16-7-17-29-44)49-38-54(45-30-18-8-19-31-45)58-55(39-49)46-32-20-9-21-33-46/h4-39,59H,3,40H2,1-2H3/q+1. The van der Waals surface area contributed by atoms with Gasteiger partial charge >= 0.3 is 0 Å². The highest BCUT2D eigenvalue weighted by Gasteiger charge is 2.42. The zero-order valence-corrected chi connectivity index (χ0v) is 37.2. The largest absolute Gasteiger partial charge is 0.248 e. The average molecular weight is 843 g/mol. The summed E-state index contributed by atoms with van der Waals surface area (Å²) in [5.74, 6) is 1.03. The average Bonchev–Trinajstić information content (AvgIpc) is 3.35. The molecular weight excluding hydrogens is 796 g/mol. The second-order valence-electron chi connectivity index (χ2n) is 15.3. The monoisotopic (exact) mass is 842 g/mol. The summed E-state index contributed by atoms with van der Waals surface area (Å²) in [6.45, 7) is 4.93. The van der Waals surface area contributed by atoms with Crippen LogP contribution in [0.3, 0.4) is 0 Å². The Bertz CT molecular complexity index is 2540. The fraction of sp³-hybridized carbons (Fsp3) is 0.0727. The number of hydrogen-bond donors (Lipinski definition) is 0. The molecule has 0 saturated heterocycles. The van der Waals surface area contributed by atoms with Gasteiger partial charge in [-0.25, -0.2) is 15.0 Å². The van der Waals surface area contributed by atoms with E-state index in [0.717, 1.165) is 87.9 Å². The molecular formula is C55H47N3P3+. The van der Waals surface area contributed by atoms with Gasteiger partial charge in [0, 0.05) is 57.6 Å². The lowest BCUT2D eigenvalue weighted by Crippen LogP contribution is -2.26. The first-order chi connectivity index (χ1) is 30.0. The van der Waals surface area contributed by atoms with Crippen molar-refractivity contribution in [3.05, 3.63) is 218 Å². The van der Waals surface area contributed by atoms with Gasteiger partial charge < -0.3 is 0 Å². The molecule has 2 atom stereocenters. The summed E-state index contributed by atoms with van der Waals surface area (Å²) in [5.41, 5.74) is 12.8. The van der Waals surface area contributed by atoms with Gasteiger partial charge in [0.05, 0.1) is 54.0 Å². The van der Waals surface area contributed by atoms with Crippen molar-refractivity contribution in [2.45, 2.75) is 6.92 Å². The van der Waals surface area contributed by atoms with E-state index >= 15 is 0 Å². The molecule has 0 bridgehead atoms. The highest BCUT2D eigenvalue weighted by atomic mass is 32.1. The summed E-state index contributed by atoms with van der Waals surface area (Å²) in [4.78, 5) is 16.1. The Morgan fingerprint density at radius 2 is 0.623 bits per heavy atom. The summed E-state index contributed by atoms with van der Waals surface area (Å²) in [5, 5.41) is 4.09. The van der Waals surface area contributed by atoms with Gasteiger partial charge in [-0.3, -0.25) is 0 Å². The first-order valence-electron chi connectivity index (χ1n) is 20.8. The van der Waals surface area contributed by atoms with E-state index in [1.54, 1.807) is 0 Å². The smallest absolute Gasteiger partial charge is 0.104 e. The van der Waals surface area contributed by atoms with Gasteiger partial charge in [0.15, 0.2) is 0 Å². The van der Waals surface area contributed by atoms with E-state index in [9.17, 15) is 0 Å². The molecule has 0 amide bonds. The Kier molecular flexibility index (Phi) is 12.4. The number of aromatic nitrogens is 3. The summed E-state index contributed by atoms with van der Waals surface area (Å²) in [7, 11) is -2.15. The lowest BCUT2D eigenvalue weighted by molar-refractivity contribution is 1.33. The molecule has 3 nitrogen and oxygen atoms in total. The van der Waals surface area contributed by atoms with Gasteiger partial charge in [0.2, 0.25) is 0 Å². The molecule has 6 aromatic carbocycles. The normalized spacial score (nSPS) is 12.1. The SMILES string of the molecule is CCPP(C[P+](C)(c1cc(-c2ccccc2)nc(-c2ccccc2)c1)c1cc(-c2ccccc2)nc(-c2ccccc2)c1)c1cc(-c2ccccc2)nc(-c2ccccc2)c1. The minimum atomic E-state index is -2.25. The summed E-state index contributed by atoms with van der Waals surface area (Å²) in [6.07, 6.45) is 1.11. The van der Waals surface area contributed by atoms with E-state index in [1.807, 2.05) is 0 Å². The fourth-order valence-electron chi connectivity index (χ4n) is 7.82. The highest BCUT2D eigenvalue weighted by Crippen LogP contribution is 2.68. The fourth-order valence-corrected chi connectivity index (χ4v) is 21.0. The van der Waals surface area contributed by atoms with Crippen LogP contribution < -0.4 is 15.9 Å². The summed E-state index contributed by atoms with van der Waals surface area (Å²) in [6, 6.07) is 78.4. The molecule has 0 aliphatic heterocycles. The molecule has 6 heteroatoms. The van der Waals surface area contributed by atoms with Gasteiger partial charge in [0.25, 0.3) is 0 Å². The zero-order valence-electron chi connectivity index (χ0n) is 34.4. The van der Waals surface area contributed by atoms with Crippen molar-refractivity contribution in [1.82, 2.24) is 15.0 Å². The molecule has 9 aromatic rings. The van der Waals surface area contributed by atoms with Crippen LogP contribution in [0.2, 0.25) is 0 Å². The van der Waals surface area contributed by atoms with Crippen molar-refractivity contribution >= 4 is 39.1 Å². The van der Waals surface area contributed by atoms with Gasteiger partial charge in [-0.05, 0) is 31.2 Å². The molecule has 3 aromatic heterocycles. The van der Waals surface area contributed by atoms with Crippen LogP contribution in [0.5, 0.6) is 0 Å². The lowest BCUT2D eigenvalue weighted by atomic mass is 10.1. The van der Waals surface area contributed by atoms with E-state index in [-0.39, 0.29) is 0 Å². The molecule has 0 N–H and O–H groups in total. The van der Waals surface area contributed by atoms with Crippen molar-refractivity contribution in [3.63, 3.8) is 0 Å². The van der Waals surface area contributed by atoms with Crippen LogP contribution in [-0.4, -0.2) is 33.7 Å². The number of benzene rings is 6. The number of pyridine rings is 3. The third-order valence-electron chi connectivity index (χ3n) is 11.1. The molecule has 0 radical (unpaired) electrons. The van der Waals surface area contributed by atoms with Crippen LogP contribution in [0, 0.1) is 0 Å². The Hall–Kier alpha value is -5.94. The van der Waals surface area contributed by atoms with Crippen LogP contribution >= 0.6 is 23.1 Å². The second-order valence-corrected chi connectivity index (χ2v) is 24.8. The molecule has 3 heterocycles. The molecule has 61 heavy (non-hydrogen) atoms. The maximum Gasteiger partial charge on any atom is 0.104 e. The van der Waals surface area contributed by atoms with Gasteiger partial charge in [-0.1, -0.05) is 197 Å². The molecule has 0 aliphatic rings. The van der Waals surface area contributed by atoms with Crippen LogP contribution in [0.25, 0.3) is 67.5 Å². The van der Waals surface area contributed by atoms with Gasteiger partial charge in [-0.15, -0.1) is 0 Å². The number of rotatable bonds is 13. The highest BCUT2D eigenvalue weighted by molar-refractivity contribution is 8.28. The maximum atomic E-state index is 5.38. The Morgan fingerprint density at radius 1 is 0.377 bits per heavy atom. The van der Waals surface area contributed by atoms with Crippen LogP contribution in [0.4, 0.5) is 0 Å². The Labute approximate surface area is 363 Å². The second kappa shape index (κ2) is 18.8. The van der Waals surface area contributed by atoms with Crippen LogP contribution in [0.15, 0.2) is 218 Å². The van der Waals surface area contributed by atoms with Crippen molar-refractivity contribution in [2.75, 3.05) is 18.7 Å². The zero-order chi connectivity index (χ0) is 41.4.